The van der Waals surface area contributed by atoms with E-state index in [1.54, 1.807) is 0 Å². The molecule has 2 heterocycles. The molecule has 0 radical (unpaired) electrons. The molecule has 1 aliphatic heterocycles. The monoisotopic (exact) mass is 384 g/mol. The van der Waals surface area contributed by atoms with Crippen molar-refractivity contribution in [3.8, 4) is 0 Å². The Labute approximate surface area is 155 Å². The highest BCUT2D eigenvalue weighted by atomic mass is 32.2. The van der Waals surface area contributed by atoms with Crippen LogP contribution in [0.15, 0.2) is 6.07 Å². The van der Waals surface area contributed by atoms with Gasteiger partial charge in [-0.1, -0.05) is 0 Å². The predicted molar refractivity (Wildman–Crippen MR) is 100 cm³/mol. The molecule has 7 nitrogen and oxygen atoms in total. The SMILES string of the molecule is CCNC(=O)C[NH+](CC)CC(=O)c1cc(C)n([C@H]2CCS(=O)(=O)C2)c1C. The molecule has 8 heteroatoms. The van der Waals surface area contributed by atoms with Crippen LogP contribution in [0.3, 0.4) is 0 Å². The zero-order valence-electron chi connectivity index (χ0n) is 16.1. The summed E-state index contributed by atoms with van der Waals surface area (Å²) < 4.78 is 25.6. The number of Topliss-reactive ketones (excluding diaryl/α,β-unsaturated/α-hetero) is 1. The van der Waals surface area contributed by atoms with E-state index in [-0.39, 0.29) is 42.3 Å². The summed E-state index contributed by atoms with van der Waals surface area (Å²) in [5.74, 6) is 0.281. The minimum Gasteiger partial charge on any atom is -0.351 e. The number of likely N-dealkylation sites (N-methyl/N-ethyl adjacent to an activating group) is 2. The van der Waals surface area contributed by atoms with Gasteiger partial charge in [-0.15, -0.1) is 0 Å². The lowest BCUT2D eigenvalue weighted by atomic mass is 10.1. The zero-order chi connectivity index (χ0) is 19.5. The van der Waals surface area contributed by atoms with Crippen LogP contribution in [0.4, 0.5) is 0 Å². The summed E-state index contributed by atoms with van der Waals surface area (Å²) >= 11 is 0. The number of hydrogen-bond acceptors (Lipinski definition) is 4. The lowest BCUT2D eigenvalue weighted by molar-refractivity contribution is -0.881. The van der Waals surface area contributed by atoms with E-state index in [0.717, 1.165) is 16.3 Å². The molecule has 0 aliphatic carbocycles. The van der Waals surface area contributed by atoms with Gasteiger partial charge in [0.25, 0.3) is 5.91 Å². The summed E-state index contributed by atoms with van der Waals surface area (Å²) in [6.45, 7) is 9.39. The Bertz CT molecular complexity index is 783. The zero-order valence-corrected chi connectivity index (χ0v) is 16.9. The molecule has 1 fully saturated rings. The maximum atomic E-state index is 12.8. The van der Waals surface area contributed by atoms with Gasteiger partial charge in [-0.3, -0.25) is 9.59 Å². The number of ketones is 1. The van der Waals surface area contributed by atoms with Gasteiger partial charge >= 0.3 is 0 Å². The molecule has 1 aromatic heterocycles. The summed E-state index contributed by atoms with van der Waals surface area (Å²) in [7, 11) is -2.98. The highest BCUT2D eigenvalue weighted by Gasteiger charge is 2.32. The quantitative estimate of drug-likeness (QED) is 0.602. The predicted octanol–water partition coefficient (Wildman–Crippen LogP) is -0.312. The number of nitrogens with one attached hydrogen (secondary N) is 2. The molecule has 2 atom stereocenters. The molecule has 146 valence electrons. The van der Waals surface area contributed by atoms with Crippen LogP contribution in [0.1, 0.15) is 48.1 Å². The standard InChI is InChI=1S/C18H29N3O4S/c1-5-19-18(23)11-20(6-2)10-17(22)16-9-13(3)21(14(16)4)15-7-8-26(24,25)12-15/h9,15H,5-8,10-12H2,1-4H3,(H,19,23)/p+1/t15-/m0/s1. The van der Waals surface area contributed by atoms with E-state index in [1.165, 1.54) is 0 Å². The average Bonchev–Trinajstić information content (AvgIpc) is 3.05. The van der Waals surface area contributed by atoms with Gasteiger partial charge in [0.2, 0.25) is 5.78 Å². The molecule has 1 amide bonds. The van der Waals surface area contributed by atoms with Gasteiger partial charge < -0.3 is 14.8 Å². The number of hydrogen-bond donors (Lipinski definition) is 2. The first kappa shape index (κ1) is 20.6. The number of carbonyl (C=O) groups is 2. The molecule has 1 unspecified atom stereocenters. The van der Waals surface area contributed by atoms with Gasteiger partial charge in [0.15, 0.2) is 16.4 Å². The molecule has 2 rings (SSSR count). The second kappa shape index (κ2) is 8.35. The molecule has 0 bridgehead atoms. The minimum atomic E-state index is -2.98. The molecular formula is C18H30N3O4S+. The van der Waals surface area contributed by atoms with Crippen molar-refractivity contribution in [1.29, 1.82) is 0 Å². The molecular weight excluding hydrogens is 354 g/mol. The summed E-state index contributed by atoms with van der Waals surface area (Å²) in [6, 6.07) is 1.76. The second-order valence-electron chi connectivity index (χ2n) is 7.05. The van der Waals surface area contributed by atoms with Crippen molar-refractivity contribution in [2.75, 3.05) is 37.7 Å². The number of rotatable bonds is 8. The number of quaternary nitrogens is 1. The van der Waals surface area contributed by atoms with E-state index in [1.807, 2.05) is 38.3 Å². The Balaban J connectivity index is 2.14. The van der Waals surface area contributed by atoms with Crippen molar-refractivity contribution in [3.63, 3.8) is 0 Å². The van der Waals surface area contributed by atoms with Crippen LogP contribution in [0, 0.1) is 13.8 Å². The van der Waals surface area contributed by atoms with E-state index in [9.17, 15) is 18.0 Å². The van der Waals surface area contributed by atoms with Gasteiger partial charge in [-0.2, -0.15) is 0 Å². The molecule has 1 saturated heterocycles. The number of sulfone groups is 1. The van der Waals surface area contributed by atoms with Crippen molar-refractivity contribution in [3.05, 3.63) is 23.0 Å². The minimum absolute atomic E-state index is 0.00801. The van der Waals surface area contributed by atoms with E-state index < -0.39 is 9.84 Å². The van der Waals surface area contributed by atoms with E-state index in [2.05, 4.69) is 5.32 Å². The molecule has 0 aromatic carbocycles. The average molecular weight is 385 g/mol. The van der Waals surface area contributed by atoms with Crippen LogP contribution >= 0.6 is 0 Å². The van der Waals surface area contributed by atoms with E-state index in [0.29, 0.717) is 25.1 Å². The fourth-order valence-corrected chi connectivity index (χ4v) is 5.42. The van der Waals surface area contributed by atoms with Gasteiger partial charge in [-0.25, -0.2) is 8.42 Å². The largest absolute Gasteiger partial charge is 0.351 e. The van der Waals surface area contributed by atoms with Crippen molar-refractivity contribution < 1.29 is 22.9 Å². The van der Waals surface area contributed by atoms with Crippen molar-refractivity contribution in [1.82, 2.24) is 9.88 Å². The summed E-state index contributed by atoms with van der Waals surface area (Å²) in [5.41, 5.74) is 2.37. The third-order valence-electron chi connectivity index (χ3n) is 5.05. The van der Waals surface area contributed by atoms with Crippen LogP contribution in [-0.4, -0.2) is 62.4 Å². The summed E-state index contributed by atoms with van der Waals surface area (Å²) in [6.07, 6.45) is 0.593. The van der Waals surface area contributed by atoms with Gasteiger partial charge in [0.1, 0.15) is 6.54 Å². The van der Waals surface area contributed by atoms with Crippen molar-refractivity contribution in [2.24, 2.45) is 0 Å². The Hall–Kier alpha value is -1.67. The fraction of sp³-hybridized carbons (Fsp3) is 0.667. The highest BCUT2D eigenvalue weighted by molar-refractivity contribution is 7.91. The highest BCUT2D eigenvalue weighted by Crippen LogP contribution is 2.29. The smallest absolute Gasteiger partial charge is 0.275 e. The number of amides is 1. The Kier molecular flexibility index (Phi) is 6.63. The number of aromatic nitrogens is 1. The van der Waals surface area contributed by atoms with Crippen molar-refractivity contribution >= 4 is 21.5 Å². The van der Waals surface area contributed by atoms with Crippen LogP contribution in [0.25, 0.3) is 0 Å². The van der Waals surface area contributed by atoms with Crippen LogP contribution in [-0.2, 0) is 14.6 Å². The lowest BCUT2D eigenvalue weighted by Gasteiger charge is -2.17. The molecule has 2 N–H and O–H groups in total. The van der Waals surface area contributed by atoms with Crippen molar-refractivity contribution in [2.45, 2.75) is 40.2 Å². The van der Waals surface area contributed by atoms with Crippen LogP contribution in [0.2, 0.25) is 0 Å². The Morgan fingerprint density at radius 2 is 1.96 bits per heavy atom. The molecule has 1 aliphatic rings. The third-order valence-corrected chi connectivity index (χ3v) is 6.80. The van der Waals surface area contributed by atoms with Gasteiger partial charge in [-0.05, 0) is 40.2 Å². The second-order valence-corrected chi connectivity index (χ2v) is 9.27. The number of carbonyl (C=O) groups excluding carboxylic acids is 2. The first-order chi connectivity index (χ1) is 12.2. The molecule has 0 saturated carbocycles. The number of nitrogens with zero attached hydrogens (tertiary/aromatic N) is 1. The van der Waals surface area contributed by atoms with Gasteiger partial charge in [0.05, 0.1) is 18.1 Å². The normalized spacial score (nSPS) is 20.1. The Morgan fingerprint density at radius 3 is 2.50 bits per heavy atom. The topological polar surface area (TPSA) is 89.7 Å². The van der Waals surface area contributed by atoms with Crippen LogP contribution < -0.4 is 10.2 Å². The van der Waals surface area contributed by atoms with Crippen LogP contribution in [0.5, 0.6) is 0 Å². The first-order valence-electron chi connectivity index (χ1n) is 9.20. The first-order valence-corrected chi connectivity index (χ1v) is 11.0. The Morgan fingerprint density at radius 1 is 1.27 bits per heavy atom. The maximum Gasteiger partial charge on any atom is 0.275 e. The fourth-order valence-electron chi connectivity index (χ4n) is 3.72. The molecule has 26 heavy (non-hydrogen) atoms. The lowest BCUT2D eigenvalue weighted by Crippen LogP contribution is -3.13. The van der Waals surface area contributed by atoms with E-state index >= 15 is 0 Å². The summed E-state index contributed by atoms with van der Waals surface area (Å²) in [4.78, 5) is 25.5. The van der Waals surface area contributed by atoms with E-state index in [4.69, 9.17) is 0 Å². The maximum absolute atomic E-state index is 12.8. The summed E-state index contributed by atoms with van der Waals surface area (Å²) in [5, 5.41) is 2.76. The third kappa shape index (κ3) is 4.73. The molecule has 0 spiro atoms. The van der Waals surface area contributed by atoms with Gasteiger partial charge in [0, 0.05) is 29.5 Å². The number of aryl methyl sites for hydroxylation is 1. The molecule has 1 aromatic rings.